The third kappa shape index (κ3) is 8.14. The van der Waals surface area contributed by atoms with Crippen molar-refractivity contribution in [1.82, 2.24) is 0 Å². The Hall–Kier alpha value is -6.04. The molecule has 0 saturated heterocycles. The minimum Gasteiger partial charge on any atom is -0.493 e. The van der Waals surface area contributed by atoms with Gasteiger partial charge in [0, 0.05) is 45.5 Å². The Kier molecular flexibility index (Phi) is 13.6. The Morgan fingerprint density at radius 3 is 1.00 bits per heavy atom. The van der Waals surface area contributed by atoms with Crippen molar-refractivity contribution in [2.75, 3.05) is 56.9 Å². The Bertz CT molecular complexity index is 2020. The van der Waals surface area contributed by atoms with Gasteiger partial charge in [-0.25, -0.2) is 0 Å². The molecule has 0 amide bonds. The van der Waals surface area contributed by atoms with Crippen LogP contribution in [0.15, 0.2) is 81.1 Å². The highest BCUT2D eigenvalue weighted by Crippen LogP contribution is 2.41. The van der Waals surface area contributed by atoms with Gasteiger partial charge in [0.15, 0.2) is 46.0 Å². The topological polar surface area (TPSA) is 123 Å². The van der Waals surface area contributed by atoms with Crippen LogP contribution >= 0.6 is 0 Å². The van der Waals surface area contributed by atoms with E-state index in [2.05, 4.69) is 34.3 Å². The van der Waals surface area contributed by atoms with Crippen LogP contribution in [0.25, 0.3) is 0 Å². The minimum absolute atomic E-state index is 0.149. The summed E-state index contributed by atoms with van der Waals surface area (Å²) in [6, 6.07) is 19.5. The largest absolute Gasteiger partial charge is 0.493 e. The van der Waals surface area contributed by atoms with Gasteiger partial charge in [-0.05, 0) is 98.5 Å². The number of rotatable bonds is 12. The summed E-state index contributed by atoms with van der Waals surface area (Å²) in [7, 11) is 13.0. The van der Waals surface area contributed by atoms with Crippen LogP contribution in [0.4, 0.5) is 0 Å². The van der Waals surface area contributed by atoms with E-state index in [1.54, 1.807) is 56.9 Å². The first-order chi connectivity index (χ1) is 27.1. The molecule has 0 aliphatic carbocycles. The lowest BCUT2D eigenvalue weighted by atomic mass is 9.85. The van der Waals surface area contributed by atoms with Crippen LogP contribution in [0.2, 0.25) is 0 Å². The van der Waals surface area contributed by atoms with Crippen LogP contribution in [0.5, 0.6) is 46.0 Å². The van der Waals surface area contributed by atoms with Gasteiger partial charge in [-0.3, -0.25) is 0 Å². The van der Waals surface area contributed by atoms with E-state index in [-0.39, 0.29) is 11.8 Å². The Morgan fingerprint density at radius 1 is 0.393 bits per heavy atom. The van der Waals surface area contributed by atoms with E-state index < -0.39 is 0 Å². The summed E-state index contributed by atoms with van der Waals surface area (Å²) in [4.78, 5) is 0. The molecule has 296 valence electrons. The van der Waals surface area contributed by atoms with Crippen molar-refractivity contribution >= 4 is 22.8 Å². The van der Waals surface area contributed by atoms with Crippen LogP contribution in [-0.4, -0.2) is 79.7 Å². The highest BCUT2D eigenvalue weighted by Gasteiger charge is 2.28. The monoisotopic (exact) mass is 764 g/mol. The second kappa shape index (κ2) is 18.5. The maximum absolute atomic E-state index is 5.54. The summed E-state index contributed by atoms with van der Waals surface area (Å²) in [5.41, 5.74) is 9.39. The van der Waals surface area contributed by atoms with Crippen LogP contribution in [0.3, 0.4) is 0 Å². The molecule has 6 rings (SSSR count). The highest BCUT2D eigenvalue weighted by molar-refractivity contribution is 6.17. The van der Waals surface area contributed by atoms with E-state index in [0.29, 0.717) is 46.0 Å². The normalized spacial score (nSPS) is 15.7. The molecule has 0 N–H and O–H groups in total. The average molecular weight is 765 g/mol. The van der Waals surface area contributed by atoms with E-state index in [0.717, 1.165) is 69.1 Å². The van der Waals surface area contributed by atoms with Gasteiger partial charge in [0.25, 0.3) is 0 Å². The summed E-state index contributed by atoms with van der Waals surface area (Å²) in [5, 5.41) is 18.2. The zero-order valence-corrected chi connectivity index (χ0v) is 34.4. The summed E-state index contributed by atoms with van der Waals surface area (Å²) in [6.07, 6.45) is 1.82. The van der Waals surface area contributed by atoms with Gasteiger partial charge in [-0.2, -0.15) is 10.2 Å². The molecule has 0 saturated carbocycles. The molecular weight excluding hydrogens is 713 g/mol. The first kappa shape index (κ1) is 41.1. The van der Waals surface area contributed by atoms with Gasteiger partial charge in [0.05, 0.1) is 56.9 Å². The Balaban J connectivity index is 0.000000214. The van der Waals surface area contributed by atoms with E-state index in [1.165, 1.54) is 0 Å². The lowest BCUT2D eigenvalue weighted by Gasteiger charge is -2.20. The summed E-state index contributed by atoms with van der Waals surface area (Å²) >= 11 is 0. The van der Waals surface area contributed by atoms with Crippen molar-refractivity contribution in [2.45, 2.75) is 52.4 Å². The Labute approximate surface area is 329 Å². The van der Waals surface area contributed by atoms with Crippen LogP contribution in [-0.2, 0) is 0 Å². The second-order valence-corrected chi connectivity index (χ2v) is 13.0. The fourth-order valence-corrected chi connectivity index (χ4v) is 7.16. The number of ether oxygens (including phenoxy) is 8. The number of nitrogens with zero attached hydrogens (tertiary/aromatic N) is 4. The van der Waals surface area contributed by atoms with E-state index in [1.807, 2.05) is 74.5 Å². The number of benzene rings is 4. The predicted molar refractivity (Wildman–Crippen MR) is 222 cm³/mol. The lowest BCUT2D eigenvalue weighted by molar-refractivity contribution is 0.354. The molecule has 2 unspecified atom stereocenters. The molecule has 2 aliphatic heterocycles. The predicted octanol–water partition coefficient (Wildman–Crippen LogP) is 8.88. The molecule has 56 heavy (non-hydrogen) atoms. The molecule has 2 aliphatic rings. The molecule has 0 aromatic heterocycles. The van der Waals surface area contributed by atoms with Crippen molar-refractivity contribution in [1.29, 1.82) is 0 Å². The van der Waals surface area contributed by atoms with Crippen molar-refractivity contribution < 1.29 is 37.9 Å². The molecule has 4 aromatic carbocycles. The van der Waals surface area contributed by atoms with E-state index in [9.17, 15) is 0 Å². The number of methoxy groups -OCH3 is 8. The van der Waals surface area contributed by atoms with Crippen molar-refractivity contribution in [3.8, 4) is 46.0 Å². The zero-order valence-electron chi connectivity index (χ0n) is 34.4. The minimum atomic E-state index is 0.149. The van der Waals surface area contributed by atoms with Gasteiger partial charge in [0.2, 0.25) is 0 Å². The summed E-state index contributed by atoms with van der Waals surface area (Å²) < 4.78 is 43.8. The summed E-state index contributed by atoms with van der Waals surface area (Å²) in [5.74, 6) is 5.61. The van der Waals surface area contributed by atoms with Gasteiger partial charge in [0.1, 0.15) is 11.4 Å². The SMILES string of the molecule is CCC1C(C)=NN=C(c2ccc(OC)c(OC)c2)c2cc(OC)c(OC)cc21.CCC1C(C)=NN=C(c2ccc(OC)c(OC)c2)c2cc(OC)c(OC)cc21. The molecule has 0 bridgehead atoms. The number of hydrogen-bond donors (Lipinski definition) is 0. The molecule has 4 aromatic rings. The third-order valence-electron chi connectivity index (χ3n) is 10.1. The van der Waals surface area contributed by atoms with Gasteiger partial charge in [-0.15, -0.1) is 10.2 Å². The molecule has 12 nitrogen and oxygen atoms in total. The van der Waals surface area contributed by atoms with Gasteiger partial charge in [-0.1, -0.05) is 13.8 Å². The van der Waals surface area contributed by atoms with Crippen LogP contribution < -0.4 is 37.9 Å². The smallest absolute Gasteiger partial charge is 0.161 e. The fraction of sp³-hybridized carbons (Fsp3) is 0.364. The van der Waals surface area contributed by atoms with Gasteiger partial charge < -0.3 is 37.9 Å². The van der Waals surface area contributed by atoms with Crippen molar-refractivity contribution in [2.24, 2.45) is 20.4 Å². The second-order valence-electron chi connectivity index (χ2n) is 13.0. The maximum Gasteiger partial charge on any atom is 0.161 e. The fourth-order valence-electron chi connectivity index (χ4n) is 7.16. The highest BCUT2D eigenvalue weighted by atomic mass is 16.5. The molecule has 0 spiro atoms. The van der Waals surface area contributed by atoms with Gasteiger partial charge >= 0.3 is 0 Å². The van der Waals surface area contributed by atoms with Crippen LogP contribution in [0.1, 0.15) is 85.8 Å². The molecular formula is C44H52N4O8. The standard InChI is InChI=1S/2C22H26N2O4/c2*1-7-15-13(2)23-24-22(14-8-9-18(25-3)19(10-14)26-4)17-12-21(28-6)20(27-5)11-16(15)17/h2*8-12,15H,7H2,1-6H3. The quantitative estimate of drug-likeness (QED) is 0.140. The van der Waals surface area contributed by atoms with Crippen molar-refractivity contribution in [3.05, 3.63) is 94.0 Å². The Morgan fingerprint density at radius 2 is 0.696 bits per heavy atom. The number of fused-ring (bicyclic) bond motifs is 2. The van der Waals surface area contributed by atoms with Crippen LogP contribution in [0, 0.1) is 0 Å². The molecule has 12 heteroatoms. The van der Waals surface area contributed by atoms with E-state index in [4.69, 9.17) is 37.9 Å². The molecule has 0 fully saturated rings. The van der Waals surface area contributed by atoms with E-state index >= 15 is 0 Å². The van der Waals surface area contributed by atoms with Crippen molar-refractivity contribution in [3.63, 3.8) is 0 Å². The number of hydrogen-bond acceptors (Lipinski definition) is 12. The zero-order chi connectivity index (χ0) is 40.5. The average Bonchev–Trinajstić information content (AvgIpc) is 3.46. The first-order valence-electron chi connectivity index (χ1n) is 18.4. The summed E-state index contributed by atoms with van der Waals surface area (Å²) in [6.45, 7) is 8.31. The lowest BCUT2D eigenvalue weighted by Crippen LogP contribution is -2.13. The first-order valence-corrected chi connectivity index (χ1v) is 18.4. The third-order valence-corrected chi connectivity index (χ3v) is 10.1. The maximum atomic E-state index is 5.54. The molecule has 2 atom stereocenters. The molecule has 2 heterocycles. The molecule has 0 radical (unpaired) electrons.